The molecule has 2 aromatic rings. The summed E-state index contributed by atoms with van der Waals surface area (Å²) in [6, 6.07) is 19.6. The number of hydrogen-bond donors (Lipinski definition) is 1. The average Bonchev–Trinajstić information content (AvgIpc) is 3.01. The van der Waals surface area contributed by atoms with Crippen LogP contribution in [0.25, 0.3) is 0 Å². The maximum absolute atomic E-state index is 3.54. The summed E-state index contributed by atoms with van der Waals surface area (Å²) >= 11 is 0. The molecule has 0 bridgehead atoms. The molecular weight excluding hydrogens is 182 g/mol. The first kappa shape index (κ1) is 8.69. The number of fused-ring (bicyclic) bond motifs is 1. The summed E-state index contributed by atoms with van der Waals surface area (Å²) < 4.78 is 0. The Morgan fingerprint density at radius 3 is 2.07 bits per heavy atom. The zero-order chi connectivity index (χ0) is 10.1. The molecule has 0 saturated heterocycles. The van der Waals surface area contributed by atoms with Gasteiger partial charge in [-0.25, -0.2) is 0 Å². The molecule has 0 unspecified atom stereocenters. The first-order chi connectivity index (χ1) is 7.45. The average molecular weight is 195 g/mol. The summed E-state index contributed by atoms with van der Waals surface area (Å²) in [7, 11) is 0. The van der Waals surface area contributed by atoms with E-state index in [-0.39, 0.29) is 0 Å². The summed E-state index contributed by atoms with van der Waals surface area (Å²) in [4.78, 5) is 0. The molecule has 1 nitrogen and oxygen atoms in total. The van der Waals surface area contributed by atoms with Crippen molar-refractivity contribution in [2.24, 2.45) is 0 Å². The monoisotopic (exact) mass is 195 g/mol. The Balaban J connectivity index is 1.62. The topological polar surface area (TPSA) is 12.0 Å². The van der Waals surface area contributed by atoms with Gasteiger partial charge in [0.15, 0.2) is 0 Å². The van der Waals surface area contributed by atoms with Crippen LogP contribution in [0.2, 0.25) is 0 Å². The molecule has 3 rings (SSSR count). The van der Waals surface area contributed by atoms with E-state index in [1.54, 1.807) is 0 Å². The predicted molar refractivity (Wildman–Crippen MR) is 61.6 cm³/mol. The van der Waals surface area contributed by atoms with E-state index < -0.39 is 0 Å². The summed E-state index contributed by atoms with van der Waals surface area (Å²) in [5.74, 6) is 0. The van der Waals surface area contributed by atoms with Gasteiger partial charge in [-0.2, -0.15) is 0 Å². The molecule has 15 heavy (non-hydrogen) atoms. The van der Waals surface area contributed by atoms with Gasteiger partial charge < -0.3 is 5.32 Å². The zero-order valence-corrected chi connectivity index (χ0v) is 8.48. The minimum atomic E-state index is 0.500. The molecule has 74 valence electrons. The standard InChI is InChI=1S/C14H13N/c1-2-6-11(7-3-1)10-15-14-12-8-4-5-9-13(12)14/h1-9,14-15H,10H2. The molecule has 1 aliphatic rings. The van der Waals surface area contributed by atoms with Crippen LogP contribution < -0.4 is 5.32 Å². The van der Waals surface area contributed by atoms with Gasteiger partial charge in [0.2, 0.25) is 0 Å². The minimum Gasteiger partial charge on any atom is -0.302 e. The smallest absolute Gasteiger partial charge is 0.0586 e. The molecule has 0 saturated carbocycles. The lowest BCUT2D eigenvalue weighted by molar-refractivity contribution is 0.680. The van der Waals surface area contributed by atoms with Gasteiger partial charge in [0, 0.05) is 6.54 Å². The number of nitrogens with one attached hydrogen (secondary N) is 1. The van der Waals surface area contributed by atoms with Crippen LogP contribution in [0.3, 0.4) is 0 Å². The lowest BCUT2D eigenvalue weighted by Crippen LogP contribution is -2.10. The van der Waals surface area contributed by atoms with Gasteiger partial charge in [0.05, 0.1) is 6.04 Å². The largest absolute Gasteiger partial charge is 0.302 e. The Hall–Kier alpha value is -1.60. The fourth-order valence-corrected chi connectivity index (χ4v) is 2.00. The van der Waals surface area contributed by atoms with Crippen molar-refractivity contribution in [2.45, 2.75) is 12.6 Å². The Labute approximate surface area is 89.8 Å². The van der Waals surface area contributed by atoms with Crippen LogP contribution in [0.5, 0.6) is 0 Å². The fraction of sp³-hybridized carbons (Fsp3) is 0.143. The second-order valence-electron chi connectivity index (χ2n) is 3.93. The lowest BCUT2D eigenvalue weighted by Gasteiger charge is -2.02. The molecule has 0 heterocycles. The van der Waals surface area contributed by atoms with E-state index in [1.165, 1.54) is 16.7 Å². The van der Waals surface area contributed by atoms with Crippen molar-refractivity contribution in [3.05, 3.63) is 71.3 Å². The predicted octanol–water partition coefficient (Wildman–Crippen LogP) is 2.88. The van der Waals surface area contributed by atoms with Crippen LogP contribution in [-0.2, 0) is 6.54 Å². The molecule has 1 N–H and O–H groups in total. The van der Waals surface area contributed by atoms with E-state index in [0.29, 0.717) is 6.04 Å². The van der Waals surface area contributed by atoms with Gasteiger partial charge >= 0.3 is 0 Å². The third-order valence-corrected chi connectivity index (χ3v) is 2.89. The maximum atomic E-state index is 3.54. The Kier molecular flexibility index (Phi) is 2.04. The number of hydrogen-bond acceptors (Lipinski definition) is 1. The van der Waals surface area contributed by atoms with E-state index in [1.807, 2.05) is 0 Å². The maximum Gasteiger partial charge on any atom is 0.0586 e. The molecule has 1 heteroatoms. The Morgan fingerprint density at radius 2 is 1.40 bits per heavy atom. The van der Waals surface area contributed by atoms with Crippen molar-refractivity contribution in [3.8, 4) is 0 Å². The van der Waals surface area contributed by atoms with Crippen LogP contribution in [0.15, 0.2) is 54.6 Å². The van der Waals surface area contributed by atoms with Crippen molar-refractivity contribution in [3.63, 3.8) is 0 Å². The molecular formula is C14H13N. The molecule has 0 radical (unpaired) electrons. The van der Waals surface area contributed by atoms with Gasteiger partial charge in [0.1, 0.15) is 0 Å². The summed E-state index contributed by atoms with van der Waals surface area (Å²) in [5.41, 5.74) is 4.25. The molecule has 0 fully saturated rings. The highest BCUT2D eigenvalue weighted by Crippen LogP contribution is 2.40. The van der Waals surface area contributed by atoms with Gasteiger partial charge in [-0.05, 0) is 16.7 Å². The third kappa shape index (κ3) is 1.66. The van der Waals surface area contributed by atoms with E-state index in [0.717, 1.165) is 6.54 Å². The van der Waals surface area contributed by atoms with Crippen LogP contribution in [0.1, 0.15) is 22.7 Å². The zero-order valence-electron chi connectivity index (χ0n) is 8.48. The number of benzene rings is 2. The van der Waals surface area contributed by atoms with Crippen molar-refractivity contribution < 1.29 is 0 Å². The fourth-order valence-electron chi connectivity index (χ4n) is 2.00. The quantitative estimate of drug-likeness (QED) is 0.794. The molecule has 0 atom stereocenters. The molecule has 1 aliphatic carbocycles. The lowest BCUT2D eigenvalue weighted by atomic mass is 10.2. The van der Waals surface area contributed by atoms with Gasteiger partial charge in [-0.1, -0.05) is 54.6 Å². The Morgan fingerprint density at radius 1 is 0.800 bits per heavy atom. The molecule has 0 aliphatic heterocycles. The second kappa shape index (κ2) is 3.52. The summed E-state index contributed by atoms with van der Waals surface area (Å²) in [5, 5.41) is 3.54. The Bertz CT molecular complexity index is 439. The summed E-state index contributed by atoms with van der Waals surface area (Å²) in [6.07, 6.45) is 0. The van der Waals surface area contributed by atoms with Crippen molar-refractivity contribution in [2.75, 3.05) is 0 Å². The highest BCUT2D eigenvalue weighted by atomic mass is 14.9. The van der Waals surface area contributed by atoms with Gasteiger partial charge in [-0.3, -0.25) is 0 Å². The van der Waals surface area contributed by atoms with E-state index in [2.05, 4.69) is 59.9 Å². The highest BCUT2D eigenvalue weighted by Gasteiger charge is 2.30. The summed E-state index contributed by atoms with van der Waals surface area (Å²) in [6.45, 7) is 0.945. The van der Waals surface area contributed by atoms with Crippen LogP contribution >= 0.6 is 0 Å². The van der Waals surface area contributed by atoms with Gasteiger partial charge in [-0.15, -0.1) is 0 Å². The van der Waals surface area contributed by atoms with Crippen molar-refractivity contribution in [1.29, 1.82) is 0 Å². The first-order valence-corrected chi connectivity index (χ1v) is 5.31. The van der Waals surface area contributed by atoms with E-state index in [4.69, 9.17) is 0 Å². The van der Waals surface area contributed by atoms with Gasteiger partial charge in [0.25, 0.3) is 0 Å². The van der Waals surface area contributed by atoms with E-state index >= 15 is 0 Å². The van der Waals surface area contributed by atoms with Crippen molar-refractivity contribution in [1.82, 2.24) is 5.32 Å². The van der Waals surface area contributed by atoms with Crippen LogP contribution in [-0.4, -0.2) is 0 Å². The molecule has 0 aromatic heterocycles. The molecule has 0 spiro atoms. The SMILES string of the molecule is c1ccc(CNC2c3ccccc32)cc1. The minimum absolute atomic E-state index is 0.500. The van der Waals surface area contributed by atoms with Crippen molar-refractivity contribution >= 4 is 0 Å². The van der Waals surface area contributed by atoms with Crippen LogP contribution in [0.4, 0.5) is 0 Å². The number of rotatable bonds is 3. The van der Waals surface area contributed by atoms with E-state index in [9.17, 15) is 0 Å². The second-order valence-corrected chi connectivity index (χ2v) is 3.93. The van der Waals surface area contributed by atoms with Crippen LogP contribution in [0, 0.1) is 0 Å². The third-order valence-electron chi connectivity index (χ3n) is 2.89. The molecule has 2 aromatic carbocycles. The normalized spacial score (nSPS) is 13.6. The first-order valence-electron chi connectivity index (χ1n) is 5.31. The molecule has 0 amide bonds. The highest BCUT2D eigenvalue weighted by molar-refractivity contribution is 5.51.